The number of hydrogen-bond acceptors (Lipinski definition) is 20. The van der Waals surface area contributed by atoms with Gasteiger partial charge in [-0.15, -0.1) is 23.1 Å². The minimum Gasteiger partial charge on any atom is -0.508 e. The van der Waals surface area contributed by atoms with Crippen molar-refractivity contribution in [1.29, 1.82) is 0 Å². The number of thioether (sulfide) groups is 1. The number of alkyl carbamates (subject to hydrolysis) is 1. The van der Waals surface area contributed by atoms with Crippen LogP contribution in [0.5, 0.6) is 5.75 Å². The molecule has 29 nitrogen and oxygen atoms in total. The predicted molar refractivity (Wildman–Crippen MR) is 352 cm³/mol. The Morgan fingerprint density at radius 1 is 0.589 bits per heavy atom. The van der Waals surface area contributed by atoms with Crippen molar-refractivity contribution in [1.82, 2.24) is 52.4 Å². The van der Waals surface area contributed by atoms with Crippen molar-refractivity contribution in [3.63, 3.8) is 0 Å². The summed E-state index contributed by atoms with van der Waals surface area (Å²) >= 11 is 2.50. The summed E-state index contributed by atoms with van der Waals surface area (Å²) in [4.78, 5) is 159. The van der Waals surface area contributed by atoms with Gasteiger partial charge in [0.05, 0.1) is 23.4 Å². The Labute approximate surface area is 555 Å². The fraction of sp³-hybridized carbons (Fsp3) is 0.422. The lowest BCUT2D eigenvalue weighted by Gasteiger charge is -2.28. The van der Waals surface area contributed by atoms with E-state index in [-0.39, 0.29) is 56.2 Å². The van der Waals surface area contributed by atoms with Gasteiger partial charge < -0.3 is 83.0 Å². The molecule has 1 aliphatic heterocycles. The summed E-state index contributed by atoms with van der Waals surface area (Å²) in [5, 5.41) is 74.3. The van der Waals surface area contributed by atoms with Gasteiger partial charge in [-0.2, -0.15) is 0 Å². The van der Waals surface area contributed by atoms with Crippen molar-refractivity contribution >= 4 is 109 Å². The van der Waals surface area contributed by atoms with Crippen molar-refractivity contribution in [3.05, 3.63) is 125 Å². The second-order valence-corrected chi connectivity index (χ2v) is 24.6. The number of nitrogens with one attached hydrogen (secondary N) is 9. The number of phenolic OH excluding ortho intramolecular Hbond substituents is 1. The fourth-order valence-electron chi connectivity index (χ4n) is 9.59. The van der Waals surface area contributed by atoms with Crippen molar-refractivity contribution in [2.45, 2.75) is 126 Å². The first kappa shape index (κ1) is 74.5. The number of aliphatic imine (C=N–C) groups is 1. The number of aromatic nitrogens is 1. The third kappa shape index (κ3) is 25.0. The maximum atomic E-state index is 14.8. The van der Waals surface area contributed by atoms with Crippen molar-refractivity contribution < 1.29 is 83.0 Å². The van der Waals surface area contributed by atoms with Crippen molar-refractivity contribution in [2.24, 2.45) is 4.99 Å². The van der Waals surface area contributed by atoms with Crippen LogP contribution in [0.15, 0.2) is 108 Å². The Hall–Kier alpha value is -9.56. The second kappa shape index (κ2) is 38.0. The average Bonchev–Trinajstić information content (AvgIpc) is 1.69. The molecule has 5 aromatic rings. The third-order valence-corrected chi connectivity index (χ3v) is 16.9. The molecule has 510 valence electrons. The molecule has 4 aromatic carbocycles. The summed E-state index contributed by atoms with van der Waals surface area (Å²) in [6, 6.07) is 15.5. The van der Waals surface area contributed by atoms with Gasteiger partial charge in [0.1, 0.15) is 64.7 Å². The zero-order valence-corrected chi connectivity index (χ0v) is 54.2. The highest BCUT2D eigenvalue weighted by molar-refractivity contribution is 8.15. The normalized spacial score (nSPS) is 14.8. The number of unbranched alkanes of at least 4 members (excludes halogenated alkanes) is 2. The summed E-state index contributed by atoms with van der Waals surface area (Å²) < 4.78 is 5.85. The Kier molecular flexibility index (Phi) is 29.8. The quantitative estimate of drug-likeness (QED) is 0.0249. The lowest BCUT2D eigenvalue weighted by atomic mass is 10.0. The minimum absolute atomic E-state index is 0.0200. The first-order valence-electron chi connectivity index (χ1n) is 30.6. The number of carboxylic acids is 2. The van der Waals surface area contributed by atoms with E-state index in [0.717, 1.165) is 0 Å². The number of hydrogen-bond donors (Lipinski definition) is 14. The highest BCUT2D eigenvalue weighted by Gasteiger charge is 2.35. The maximum absolute atomic E-state index is 14.8. The monoisotopic (exact) mass is 1350 g/mol. The number of aliphatic hydroxyl groups excluding tert-OH is 2. The SMILES string of the molecule is CC(=O)NCCCC[C@H](NC(=O)C(CO)NC(=O)[C@H](Cc1ccccc1)NC(=O)[C@H](Cc1ccc(O)cc1)NC(=O)[C@H](CCC(=O)O)NC(=O)C(CCCCN(C)C)NC(=O)[C@H](CO)NC(=O)OCc1ccccc1)C(=O)Nc1ccc2nc(C3=NC(C(=O)O)CS3)sc2c1. The number of carbonyl (C=O) groups excluding carboxylic acids is 9. The number of aliphatic hydroxyl groups is 2. The van der Waals surface area contributed by atoms with Crippen LogP contribution in [0.3, 0.4) is 0 Å². The molecule has 1 aromatic heterocycles. The van der Waals surface area contributed by atoms with Crippen LogP contribution in [0, 0.1) is 0 Å². The van der Waals surface area contributed by atoms with Crippen LogP contribution in [0.2, 0.25) is 0 Å². The number of thiazole rings is 1. The Morgan fingerprint density at radius 3 is 1.64 bits per heavy atom. The van der Waals surface area contributed by atoms with Gasteiger partial charge in [-0.3, -0.25) is 48.1 Å². The number of aromatic hydroxyl groups is 1. The highest BCUT2D eigenvalue weighted by atomic mass is 32.2. The molecule has 95 heavy (non-hydrogen) atoms. The maximum Gasteiger partial charge on any atom is 0.408 e. The van der Waals surface area contributed by atoms with Crippen LogP contribution in [-0.2, 0) is 72.1 Å². The number of anilines is 1. The van der Waals surface area contributed by atoms with Crippen LogP contribution in [0.1, 0.15) is 80.0 Å². The number of amides is 9. The molecule has 0 spiro atoms. The average molecular weight is 1350 g/mol. The molecule has 0 fully saturated rings. The summed E-state index contributed by atoms with van der Waals surface area (Å²) in [7, 11) is 3.66. The summed E-state index contributed by atoms with van der Waals surface area (Å²) in [6.45, 7) is 0.0959. The van der Waals surface area contributed by atoms with Gasteiger partial charge in [0.25, 0.3) is 0 Å². The largest absolute Gasteiger partial charge is 0.508 e. The lowest BCUT2D eigenvalue weighted by Crippen LogP contribution is -2.61. The topological polar surface area (TPSA) is 435 Å². The first-order valence-corrected chi connectivity index (χ1v) is 32.4. The molecule has 1 aliphatic rings. The van der Waals surface area contributed by atoms with Crippen LogP contribution in [0.4, 0.5) is 10.5 Å². The van der Waals surface area contributed by atoms with E-state index in [1.165, 1.54) is 54.3 Å². The Morgan fingerprint density at radius 2 is 1.09 bits per heavy atom. The highest BCUT2D eigenvalue weighted by Crippen LogP contribution is 2.31. The molecule has 9 amide bonds. The molecule has 14 N–H and O–H groups in total. The number of benzene rings is 4. The van der Waals surface area contributed by atoms with E-state index < -0.39 is 134 Å². The second-order valence-electron chi connectivity index (χ2n) is 22.6. The Balaban J connectivity index is 1.21. The number of fused-ring (bicyclic) bond motifs is 1. The molecule has 0 bridgehead atoms. The number of aliphatic carboxylic acids is 2. The van der Waals surface area contributed by atoms with E-state index in [4.69, 9.17) is 4.74 Å². The van der Waals surface area contributed by atoms with E-state index in [2.05, 4.69) is 57.8 Å². The van der Waals surface area contributed by atoms with E-state index >= 15 is 0 Å². The molecule has 3 unspecified atom stereocenters. The number of carboxylic acid groups (broad SMARTS) is 2. The summed E-state index contributed by atoms with van der Waals surface area (Å²) in [6.07, 6.45) is -1.29. The van der Waals surface area contributed by atoms with Gasteiger partial charge in [0.15, 0.2) is 6.04 Å². The smallest absolute Gasteiger partial charge is 0.408 e. The Bertz CT molecular complexity index is 3490. The van der Waals surface area contributed by atoms with Gasteiger partial charge in [-0.1, -0.05) is 72.8 Å². The molecule has 31 heteroatoms. The molecule has 0 saturated carbocycles. The van der Waals surface area contributed by atoms with E-state index in [0.29, 0.717) is 74.9 Å². The molecular formula is C64H80N12O17S2. The predicted octanol–water partition coefficient (Wildman–Crippen LogP) is 1.46. The molecule has 0 aliphatic carbocycles. The van der Waals surface area contributed by atoms with Crippen molar-refractivity contribution in [3.8, 4) is 5.75 Å². The molecular weight excluding hydrogens is 1270 g/mol. The first-order chi connectivity index (χ1) is 45.5. The van der Waals surface area contributed by atoms with Crippen LogP contribution in [-0.4, -0.2) is 200 Å². The standard InChI is InChI=1S/C64H80N12O17S2/c1-37(79)65-28-12-10-18-44(54(83)66-41-22-25-43-52(32-41)95-62(73-43)61-74-51(36-94-61)63(90)91)67-59(88)49(33-77)72-58(87)47(30-38-14-6-4-7-15-38)71-57(86)48(31-39-20-23-42(80)24-21-39)70-56(85)46(26-27-53(81)82)69-55(84)45(19-11-13-29-76(2)3)68-60(89)50(34-78)75-64(92)93-35-40-16-8-5-9-17-40/h4-9,14-17,20-25,32,44-51,77-78,80H,10-13,18-19,26-31,33-36H2,1-3H3,(H,65,79)(H,66,83)(H,67,88)(H,68,89)(H,69,84)(H,70,85)(H,71,86)(H,72,87)(H,75,92)(H,81,82)(H,90,91)/t44-,45?,46-,47-,48-,49?,50-,51?/m0/s1. The van der Waals surface area contributed by atoms with Crippen LogP contribution >= 0.6 is 23.1 Å². The molecule has 6 rings (SSSR count). The molecule has 2 heterocycles. The van der Waals surface area contributed by atoms with Gasteiger partial charge in [-0.05, 0) is 113 Å². The number of phenols is 1. The van der Waals surface area contributed by atoms with E-state index in [1.807, 2.05) is 19.0 Å². The lowest BCUT2D eigenvalue weighted by molar-refractivity contribution is -0.139. The zero-order chi connectivity index (χ0) is 69.0. The fourth-order valence-corrected chi connectivity index (χ4v) is 11.7. The molecule has 0 radical (unpaired) electrons. The van der Waals surface area contributed by atoms with Gasteiger partial charge in [-0.25, -0.2) is 14.6 Å². The molecule has 0 saturated heterocycles. The third-order valence-electron chi connectivity index (χ3n) is 14.7. The minimum atomic E-state index is -1.74. The number of rotatable bonds is 38. The van der Waals surface area contributed by atoms with E-state index in [9.17, 15) is 78.3 Å². The van der Waals surface area contributed by atoms with Crippen molar-refractivity contribution in [2.75, 3.05) is 51.5 Å². The van der Waals surface area contributed by atoms with Crippen LogP contribution in [0.25, 0.3) is 10.2 Å². The number of ether oxygens (including phenoxy) is 1. The summed E-state index contributed by atoms with van der Waals surface area (Å²) in [5.74, 6) is -9.33. The van der Waals surface area contributed by atoms with Crippen LogP contribution < -0.4 is 47.9 Å². The number of carbonyl (C=O) groups is 11. The van der Waals surface area contributed by atoms with E-state index in [1.54, 1.807) is 78.9 Å². The molecule has 8 atom stereocenters. The summed E-state index contributed by atoms with van der Waals surface area (Å²) in [5.41, 5.74) is 2.37. The van der Waals surface area contributed by atoms with Gasteiger partial charge in [0, 0.05) is 44.2 Å². The van der Waals surface area contributed by atoms with Gasteiger partial charge in [0.2, 0.25) is 47.3 Å². The zero-order valence-electron chi connectivity index (χ0n) is 52.5. The van der Waals surface area contributed by atoms with Gasteiger partial charge >= 0.3 is 18.0 Å². The number of nitrogens with zero attached hydrogens (tertiary/aromatic N) is 3.